The lowest BCUT2D eigenvalue weighted by atomic mass is 9.97. The van der Waals surface area contributed by atoms with Gasteiger partial charge in [-0.2, -0.15) is 0 Å². The van der Waals surface area contributed by atoms with Crippen molar-refractivity contribution >= 4 is 18.4 Å². The van der Waals surface area contributed by atoms with E-state index in [0.29, 0.717) is 5.92 Å². The molecule has 0 saturated heterocycles. The van der Waals surface area contributed by atoms with Gasteiger partial charge in [-0.15, -0.1) is 12.4 Å². The molecule has 0 aromatic heterocycles. The Hall–Kier alpha value is -1.02. The zero-order valence-corrected chi connectivity index (χ0v) is 10.8. The zero-order valence-electron chi connectivity index (χ0n) is 9.93. The highest BCUT2D eigenvalue weighted by atomic mass is 35.5. The molecule has 1 N–H and O–H groups in total. The number of aliphatic carboxylic acids is 1. The van der Waals surface area contributed by atoms with Gasteiger partial charge in [-0.25, -0.2) is 0 Å². The molecule has 16 heavy (non-hydrogen) atoms. The third-order valence-electron chi connectivity index (χ3n) is 2.49. The maximum absolute atomic E-state index is 10.8. The largest absolute Gasteiger partial charge is 0.481 e. The van der Waals surface area contributed by atoms with Gasteiger partial charge in [-0.3, -0.25) is 4.79 Å². The molecule has 0 radical (unpaired) electrons. The normalized spacial score (nSPS) is 12.0. The molecule has 2 nitrogen and oxygen atoms in total. The monoisotopic (exact) mass is 242 g/mol. The Morgan fingerprint density at radius 3 is 2.06 bits per heavy atom. The summed E-state index contributed by atoms with van der Waals surface area (Å²) in [5.74, 6) is -0.558. The van der Waals surface area contributed by atoms with E-state index < -0.39 is 11.9 Å². The van der Waals surface area contributed by atoms with E-state index in [1.54, 1.807) is 6.92 Å². The smallest absolute Gasteiger partial charge is 0.310 e. The molecule has 1 rings (SSSR count). The van der Waals surface area contributed by atoms with Crippen LogP contribution >= 0.6 is 12.4 Å². The lowest BCUT2D eigenvalue weighted by Gasteiger charge is -2.09. The summed E-state index contributed by atoms with van der Waals surface area (Å²) in [6, 6.07) is 7.87. The van der Waals surface area contributed by atoms with E-state index in [4.69, 9.17) is 5.11 Å². The van der Waals surface area contributed by atoms with Crippen LogP contribution in [0.25, 0.3) is 0 Å². The van der Waals surface area contributed by atoms with E-state index in [9.17, 15) is 4.79 Å². The molecule has 1 atom stereocenters. The van der Waals surface area contributed by atoms with Crippen LogP contribution in [-0.2, 0) is 11.2 Å². The molecule has 3 heteroatoms. The van der Waals surface area contributed by atoms with Crippen molar-refractivity contribution in [1.29, 1.82) is 0 Å². The van der Waals surface area contributed by atoms with Crippen molar-refractivity contribution in [3.8, 4) is 0 Å². The second-order valence-corrected chi connectivity index (χ2v) is 4.40. The molecule has 0 aliphatic rings. The molecule has 0 bridgehead atoms. The van der Waals surface area contributed by atoms with Crippen LogP contribution in [0.15, 0.2) is 24.3 Å². The Bertz CT molecular complexity index is 330. The summed E-state index contributed by atoms with van der Waals surface area (Å²) < 4.78 is 0. The minimum atomic E-state index is -0.772. The fourth-order valence-electron chi connectivity index (χ4n) is 1.56. The topological polar surface area (TPSA) is 37.3 Å². The summed E-state index contributed by atoms with van der Waals surface area (Å²) in [5.41, 5.74) is 2.14. The standard InChI is InChI=1S/C13H18O2.ClH/c1-9(2)8-11-4-6-12(7-5-11)10(3)13(14)15;/h4-7,9-10H,8H2,1-3H3,(H,14,15);1H/t10-;/m0./s1. The van der Waals surface area contributed by atoms with Crippen molar-refractivity contribution in [3.63, 3.8) is 0 Å². The number of rotatable bonds is 4. The predicted octanol–water partition coefficient (Wildman–Crippen LogP) is 3.50. The Kier molecular flexibility index (Phi) is 6.12. The molecule has 1 aromatic carbocycles. The van der Waals surface area contributed by atoms with Crippen LogP contribution in [0.1, 0.15) is 37.8 Å². The van der Waals surface area contributed by atoms with Gasteiger partial charge < -0.3 is 5.11 Å². The highest BCUT2D eigenvalue weighted by Gasteiger charge is 2.12. The Morgan fingerprint density at radius 2 is 1.69 bits per heavy atom. The summed E-state index contributed by atoms with van der Waals surface area (Å²) >= 11 is 0. The maximum Gasteiger partial charge on any atom is 0.310 e. The van der Waals surface area contributed by atoms with Crippen LogP contribution in [0, 0.1) is 5.92 Å². The van der Waals surface area contributed by atoms with Crippen molar-refractivity contribution in [2.45, 2.75) is 33.1 Å². The van der Waals surface area contributed by atoms with Crippen molar-refractivity contribution in [1.82, 2.24) is 0 Å². The highest BCUT2D eigenvalue weighted by molar-refractivity contribution is 5.85. The van der Waals surface area contributed by atoms with Gasteiger partial charge in [0.15, 0.2) is 0 Å². The quantitative estimate of drug-likeness (QED) is 0.878. The molecule has 0 fully saturated rings. The Morgan fingerprint density at radius 1 is 1.19 bits per heavy atom. The predicted molar refractivity (Wildman–Crippen MR) is 68.3 cm³/mol. The number of carbonyl (C=O) groups is 1. The number of carboxylic acid groups (broad SMARTS) is 1. The molecule has 0 spiro atoms. The average Bonchev–Trinajstić information content (AvgIpc) is 2.17. The summed E-state index contributed by atoms with van der Waals surface area (Å²) in [5, 5.41) is 8.85. The molecule has 0 heterocycles. The number of halogens is 1. The van der Waals surface area contributed by atoms with Gasteiger partial charge in [0.05, 0.1) is 5.92 Å². The van der Waals surface area contributed by atoms with Gasteiger partial charge in [-0.1, -0.05) is 38.1 Å². The van der Waals surface area contributed by atoms with Crippen molar-refractivity contribution in [3.05, 3.63) is 35.4 Å². The van der Waals surface area contributed by atoms with Crippen molar-refractivity contribution in [2.24, 2.45) is 5.92 Å². The summed E-state index contributed by atoms with van der Waals surface area (Å²) in [7, 11) is 0. The van der Waals surface area contributed by atoms with E-state index in [0.717, 1.165) is 12.0 Å². The highest BCUT2D eigenvalue weighted by Crippen LogP contribution is 2.17. The Labute approximate surface area is 103 Å². The van der Waals surface area contributed by atoms with Gasteiger partial charge in [0.25, 0.3) is 0 Å². The molecular weight excluding hydrogens is 224 g/mol. The third-order valence-corrected chi connectivity index (χ3v) is 2.49. The van der Waals surface area contributed by atoms with Crippen molar-refractivity contribution in [2.75, 3.05) is 0 Å². The first-order valence-electron chi connectivity index (χ1n) is 5.32. The van der Waals surface area contributed by atoms with Gasteiger partial charge in [0.1, 0.15) is 0 Å². The minimum Gasteiger partial charge on any atom is -0.481 e. The average molecular weight is 243 g/mol. The van der Waals surface area contributed by atoms with E-state index >= 15 is 0 Å². The van der Waals surface area contributed by atoms with E-state index in [2.05, 4.69) is 13.8 Å². The lowest BCUT2D eigenvalue weighted by molar-refractivity contribution is -0.138. The first-order chi connectivity index (χ1) is 7.00. The van der Waals surface area contributed by atoms with Gasteiger partial charge >= 0.3 is 5.97 Å². The zero-order chi connectivity index (χ0) is 11.4. The van der Waals surface area contributed by atoms with Gasteiger partial charge in [0, 0.05) is 0 Å². The third kappa shape index (κ3) is 4.23. The first-order valence-corrected chi connectivity index (χ1v) is 5.32. The van der Waals surface area contributed by atoms with Crippen LogP contribution in [-0.4, -0.2) is 11.1 Å². The molecule has 0 aliphatic carbocycles. The summed E-state index contributed by atoms with van der Waals surface area (Å²) in [6.45, 7) is 6.06. The van der Waals surface area contributed by atoms with Crippen molar-refractivity contribution < 1.29 is 9.90 Å². The molecule has 0 amide bonds. The number of hydrogen-bond acceptors (Lipinski definition) is 1. The lowest BCUT2D eigenvalue weighted by Crippen LogP contribution is -2.07. The molecule has 0 unspecified atom stereocenters. The number of carboxylic acids is 1. The van der Waals surface area contributed by atoms with Crippen LogP contribution in [0.4, 0.5) is 0 Å². The Balaban J connectivity index is 0.00000225. The number of hydrogen-bond donors (Lipinski definition) is 1. The first kappa shape index (κ1) is 15.0. The van der Waals surface area contributed by atoms with E-state index in [1.165, 1.54) is 5.56 Å². The van der Waals surface area contributed by atoms with Gasteiger partial charge in [-0.05, 0) is 30.4 Å². The molecule has 90 valence electrons. The summed E-state index contributed by atoms with van der Waals surface area (Å²) in [4.78, 5) is 10.8. The van der Waals surface area contributed by atoms with E-state index in [1.807, 2.05) is 24.3 Å². The van der Waals surface area contributed by atoms with Crippen LogP contribution in [0.3, 0.4) is 0 Å². The molecule has 0 saturated carbocycles. The van der Waals surface area contributed by atoms with E-state index in [-0.39, 0.29) is 12.4 Å². The maximum atomic E-state index is 10.8. The molecule has 0 aliphatic heterocycles. The second kappa shape index (κ2) is 6.54. The molecular formula is C13H19ClO2. The van der Waals surface area contributed by atoms with Crippen LogP contribution < -0.4 is 0 Å². The summed E-state index contributed by atoms with van der Waals surface area (Å²) in [6.07, 6.45) is 1.04. The second-order valence-electron chi connectivity index (χ2n) is 4.40. The SMILES string of the molecule is CC(C)Cc1ccc([C@H](C)C(=O)O)cc1.Cl. The van der Waals surface area contributed by atoms with Crippen LogP contribution in [0.2, 0.25) is 0 Å². The van der Waals surface area contributed by atoms with Crippen LogP contribution in [0.5, 0.6) is 0 Å². The fraction of sp³-hybridized carbons (Fsp3) is 0.462. The fourth-order valence-corrected chi connectivity index (χ4v) is 1.56. The molecule has 1 aromatic rings. The number of benzene rings is 1. The van der Waals surface area contributed by atoms with Gasteiger partial charge in [0.2, 0.25) is 0 Å². The minimum absolute atomic E-state index is 0.